The molecule has 1 aromatic heterocycles. The number of aryl methyl sites for hydroxylation is 1. The molecular formula is C14H14O5. The van der Waals surface area contributed by atoms with Gasteiger partial charge >= 0.3 is 5.97 Å². The molecule has 100 valence electrons. The zero-order chi connectivity index (χ0) is 14.0. The maximum atomic E-state index is 11.9. The smallest absolute Gasteiger partial charge is 0.342 e. The Labute approximate surface area is 110 Å². The van der Waals surface area contributed by atoms with Crippen molar-refractivity contribution in [3.05, 3.63) is 29.0 Å². The van der Waals surface area contributed by atoms with E-state index in [2.05, 4.69) is 0 Å². The number of furan rings is 1. The molecule has 0 radical (unpaired) electrons. The normalized spacial score (nSPS) is 10.5. The Morgan fingerprint density at radius 1 is 1.42 bits per heavy atom. The summed E-state index contributed by atoms with van der Waals surface area (Å²) in [6.45, 7) is 3.70. The van der Waals surface area contributed by atoms with Gasteiger partial charge in [0.15, 0.2) is 6.29 Å². The van der Waals surface area contributed by atoms with Crippen LogP contribution in [-0.2, 0) is 4.74 Å². The highest BCUT2D eigenvalue weighted by molar-refractivity contribution is 6.06. The fraction of sp³-hybridized carbons (Fsp3) is 0.286. The second kappa shape index (κ2) is 5.14. The third-order valence-corrected chi connectivity index (χ3v) is 2.82. The molecule has 2 aromatic rings. The SMILES string of the molecule is CCOC(=O)c1c(C)oc2cc(C=O)c(OC)cc12. The zero-order valence-electron chi connectivity index (χ0n) is 11.0. The van der Waals surface area contributed by atoms with E-state index in [0.717, 1.165) is 0 Å². The van der Waals surface area contributed by atoms with Crippen molar-refractivity contribution in [2.24, 2.45) is 0 Å². The highest BCUT2D eigenvalue weighted by atomic mass is 16.5. The molecule has 0 aliphatic carbocycles. The van der Waals surface area contributed by atoms with E-state index in [9.17, 15) is 9.59 Å². The van der Waals surface area contributed by atoms with Gasteiger partial charge in [0.25, 0.3) is 0 Å². The minimum atomic E-state index is -0.445. The first-order valence-electron chi connectivity index (χ1n) is 5.85. The first-order valence-corrected chi connectivity index (χ1v) is 5.85. The highest BCUT2D eigenvalue weighted by Gasteiger charge is 2.21. The second-order valence-electron chi connectivity index (χ2n) is 3.96. The number of benzene rings is 1. The largest absolute Gasteiger partial charge is 0.496 e. The summed E-state index contributed by atoms with van der Waals surface area (Å²) in [5, 5.41) is 0.582. The molecule has 0 unspecified atom stereocenters. The van der Waals surface area contributed by atoms with Gasteiger partial charge in [-0.05, 0) is 26.0 Å². The van der Waals surface area contributed by atoms with Crippen LogP contribution in [0.5, 0.6) is 5.75 Å². The highest BCUT2D eigenvalue weighted by Crippen LogP contribution is 2.31. The first kappa shape index (κ1) is 13.1. The summed E-state index contributed by atoms with van der Waals surface area (Å²) in [5.41, 5.74) is 1.20. The van der Waals surface area contributed by atoms with Gasteiger partial charge in [-0.25, -0.2) is 4.79 Å². The standard InChI is InChI=1S/C14H14O5/c1-4-18-14(16)13-8(2)19-12-5-9(7-15)11(17-3)6-10(12)13/h5-7H,4H2,1-3H3. The molecule has 0 spiro atoms. The maximum absolute atomic E-state index is 11.9. The lowest BCUT2D eigenvalue weighted by Gasteiger charge is -2.04. The number of rotatable bonds is 4. The van der Waals surface area contributed by atoms with Gasteiger partial charge in [0.05, 0.1) is 19.3 Å². The summed E-state index contributed by atoms with van der Waals surface area (Å²) in [5.74, 6) is 0.409. The van der Waals surface area contributed by atoms with Crippen molar-refractivity contribution in [2.75, 3.05) is 13.7 Å². The van der Waals surface area contributed by atoms with Crippen molar-refractivity contribution in [1.29, 1.82) is 0 Å². The molecule has 0 aliphatic heterocycles. The van der Waals surface area contributed by atoms with Crippen molar-refractivity contribution >= 4 is 23.2 Å². The number of fused-ring (bicyclic) bond motifs is 1. The van der Waals surface area contributed by atoms with E-state index in [1.165, 1.54) is 7.11 Å². The van der Waals surface area contributed by atoms with Crippen LogP contribution in [-0.4, -0.2) is 26.0 Å². The summed E-state index contributed by atoms with van der Waals surface area (Å²) in [6.07, 6.45) is 0.681. The van der Waals surface area contributed by atoms with Crippen LogP contribution in [0, 0.1) is 6.92 Å². The van der Waals surface area contributed by atoms with Crippen LogP contribution in [0.15, 0.2) is 16.5 Å². The van der Waals surface area contributed by atoms with Crippen LogP contribution in [0.1, 0.15) is 33.4 Å². The summed E-state index contributed by atoms with van der Waals surface area (Å²) >= 11 is 0. The predicted molar refractivity (Wildman–Crippen MR) is 68.8 cm³/mol. The number of carbonyl (C=O) groups is 2. The Kier molecular flexibility index (Phi) is 3.55. The molecule has 0 saturated carbocycles. The number of ether oxygens (including phenoxy) is 2. The van der Waals surface area contributed by atoms with E-state index in [0.29, 0.717) is 39.9 Å². The van der Waals surface area contributed by atoms with E-state index in [1.807, 2.05) is 0 Å². The van der Waals surface area contributed by atoms with Gasteiger partial charge in [0, 0.05) is 5.39 Å². The second-order valence-corrected chi connectivity index (χ2v) is 3.96. The molecule has 0 saturated heterocycles. The molecule has 2 rings (SSSR count). The van der Waals surface area contributed by atoms with E-state index in [4.69, 9.17) is 13.9 Å². The zero-order valence-corrected chi connectivity index (χ0v) is 11.0. The minimum Gasteiger partial charge on any atom is -0.496 e. The summed E-state index contributed by atoms with van der Waals surface area (Å²) in [7, 11) is 1.46. The molecule has 0 amide bonds. The van der Waals surface area contributed by atoms with Crippen LogP contribution >= 0.6 is 0 Å². The predicted octanol–water partition coefficient (Wildman–Crippen LogP) is 2.74. The Balaban J connectivity index is 2.68. The lowest BCUT2D eigenvalue weighted by Crippen LogP contribution is -2.05. The Morgan fingerprint density at radius 3 is 2.74 bits per heavy atom. The molecule has 1 heterocycles. The Bertz CT molecular complexity index is 639. The third-order valence-electron chi connectivity index (χ3n) is 2.82. The van der Waals surface area contributed by atoms with Gasteiger partial charge in [-0.2, -0.15) is 0 Å². The number of aldehydes is 1. The molecule has 1 aromatic carbocycles. The summed E-state index contributed by atoms with van der Waals surface area (Å²) < 4.78 is 15.6. The van der Waals surface area contributed by atoms with E-state index >= 15 is 0 Å². The maximum Gasteiger partial charge on any atom is 0.342 e. The van der Waals surface area contributed by atoms with Gasteiger partial charge in [0.1, 0.15) is 22.7 Å². The number of methoxy groups -OCH3 is 1. The van der Waals surface area contributed by atoms with Gasteiger partial charge in [-0.15, -0.1) is 0 Å². The Hall–Kier alpha value is -2.30. The van der Waals surface area contributed by atoms with Crippen LogP contribution in [0.4, 0.5) is 0 Å². The van der Waals surface area contributed by atoms with Gasteiger partial charge in [0.2, 0.25) is 0 Å². The average Bonchev–Trinajstić information content (AvgIpc) is 2.72. The van der Waals surface area contributed by atoms with Crippen molar-refractivity contribution < 1.29 is 23.5 Å². The van der Waals surface area contributed by atoms with E-state index in [-0.39, 0.29) is 6.61 Å². The molecule has 19 heavy (non-hydrogen) atoms. The van der Waals surface area contributed by atoms with Crippen molar-refractivity contribution in [2.45, 2.75) is 13.8 Å². The number of esters is 1. The fourth-order valence-electron chi connectivity index (χ4n) is 1.99. The molecular weight excluding hydrogens is 248 g/mol. The lowest BCUT2D eigenvalue weighted by molar-refractivity contribution is 0.0526. The molecule has 0 aliphatic rings. The molecule has 0 N–H and O–H groups in total. The lowest BCUT2D eigenvalue weighted by atomic mass is 10.1. The van der Waals surface area contributed by atoms with Gasteiger partial charge < -0.3 is 13.9 Å². The summed E-state index contributed by atoms with van der Waals surface area (Å²) in [4.78, 5) is 22.8. The van der Waals surface area contributed by atoms with Crippen molar-refractivity contribution in [1.82, 2.24) is 0 Å². The topological polar surface area (TPSA) is 65.7 Å². The van der Waals surface area contributed by atoms with Crippen LogP contribution in [0.25, 0.3) is 11.0 Å². The van der Waals surface area contributed by atoms with E-state index in [1.54, 1.807) is 26.0 Å². The van der Waals surface area contributed by atoms with Gasteiger partial charge in [-0.1, -0.05) is 0 Å². The quantitative estimate of drug-likeness (QED) is 0.626. The van der Waals surface area contributed by atoms with Crippen LogP contribution < -0.4 is 4.74 Å². The number of hydrogen-bond donors (Lipinski definition) is 0. The average molecular weight is 262 g/mol. The molecule has 0 fully saturated rings. The molecule has 0 atom stereocenters. The van der Waals surface area contributed by atoms with Crippen molar-refractivity contribution in [3.63, 3.8) is 0 Å². The minimum absolute atomic E-state index is 0.286. The number of hydrogen-bond acceptors (Lipinski definition) is 5. The molecule has 5 heteroatoms. The molecule has 0 bridgehead atoms. The number of carbonyl (C=O) groups excluding carboxylic acids is 2. The molecule has 5 nitrogen and oxygen atoms in total. The Morgan fingerprint density at radius 2 is 2.16 bits per heavy atom. The van der Waals surface area contributed by atoms with Crippen LogP contribution in [0.2, 0.25) is 0 Å². The fourth-order valence-corrected chi connectivity index (χ4v) is 1.99. The van der Waals surface area contributed by atoms with Crippen molar-refractivity contribution in [3.8, 4) is 5.75 Å². The monoisotopic (exact) mass is 262 g/mol. The van der Waals surface area contributed by atoms with Crippen LogP contribution in [0.3, 0.4) is 0 Å². The van der Waals surface area contributed by atoms with Gasteiger partial charge in [-0.3, -0.25) is 4.79 Å². The third kappa shape index (κ3) is 2.19. The first-order chi connectivity index (χ1) is 9.12. The summed E-state index contributed by atoms with van der Waals surface area (Å²) in [6, 6.07) is 3.17. The van der Waals surface area contributed by atoms with E-state index < -0.39 is 5.97 Å².